The summed E-state index contributed by atoms with van der Waals surface area (Å²) in [5, 5.41) is 7.86. The number of esters is 1. The van der Waals surface area contributed by atoms with Crippen molar-refractivity contribution >= 4 is 46.0 Å². The molecule has 0 saturated heterocycles. The number of carbonyl (C=O) groups excluding carboxylic acids is 4. The van der Waals surface area contributed by atoms with Crippen molar-refractivity contribution in [3.05, 3.63) is 70.5 Å². The molecule has 0 aliphatic rings. The molecule has 1 aromatic heterocycles. The highest BCUT2D eigenvalue weighted by molar-refractivity contribution is 5.99. The Morgan fingerprint density at radius 2 is 1.61 bits per heavy atom. The van der Waals surface area contributed by atoms with Crippen molar-refractivity contribution in [3.8, 4) is 0 Å². The van der Waals surface area contributed by atoms with E-state index in [0.29, 0.717) is 22.3 Å². The van der Waals surface area contributed by atoms with E-state index in [1.165, 1.54) is 20.0 Å². The number of pyridine rings is 1. The highest BCUT2D eigenvalue weighted by Gasteiger charge is 2.19. The lowest BCUT2D eigenvalue weighted by Gasteiger charge is -2.14. The van der Waals surface area contributed by atoms with Crippen LogP contribution in [0.5, 0.6) is 0 Å². The van der Waals surface area contributed by atoms with Crippen LogP contribution in [0.4, 0.5) is 11.4 Å². The topological polar surface area (TPSA) is 146 Å². The van der Waals surface area contributed by atoms with Crippen LogP contribution in [0.3, 0.4) is 0 Å². The molecule has 33 heavy (non-hydrogen) atoms. The van der Waals surface area contributed by atoms with E-state index < -0.39 is 35.9 Å². The standard InChI is InChI=1S/C23H22N4O6/c1-13(22(31)27-16-9-7-15(8-10-16)26-14(2)28)33-20(29)12-25-23(32)18-11-24-19-6-4-3-5-17(19)21(18)30/h3-11,13H,12H2,1-2H3,(H,24,30)(H,25,32)(H,26,28)(H,27,31). The number of fused-ring (bicyclic) bond motifs is 1. The second-order valence-corrected chi connectivity index (χ2v) is 7.14. The second-order valence-electron chi connectivity index (χ2n) is 7.14. The first-order valence-electron chi connectivity index (χ1n) is 10.0. The summed E-state index contributed by atoms with van der Waals surface area (Å²) in [6.07, 6.45) is 0.145. The molecule has 2 aromatic carbocycles. The summed E-state index contributed by atoms with van der Waals surface area (Å²) in [7, 11) is 0. The maximum Gasteiger partial charge on any atom is 0.326 e. The molecule has 1 atom stereocenters. The molecule has 0 bridgehead atoms. The Labute approximate surface area is 188 Å². The quantitative estimate of drug-likeness (QED) is 0.404. The molecule has 1 heterocycles. The molecule has 3 aromatic rings. The second kappa shape index (κ2) is 10.2. The van der Waals surface area contributed by atoms with Crippen molar-refractivity contribution in [1.29, 1.82) is 0 Å². The molecule has 0 aliphatic carbocycles. The first-order valence-corrected chi connectivity index (χ1v) is 10.0. The molecular weight excluding hydrogens is 428 g/mol. The van der Waals surface area contributed by atoms with Crippen LogP contribution in [-0.4, -0.2) is 41.3 Å². The van der Waals surface area contributed by atoms with Crippen LogP contribution in [0.2, 0.25) is 0 Å². The summed E-state index contributed by atoms with van der Waals surface area (Å²) >= 11 is 0. The van der Waals surface area contributed by atoms with Crippen LogP contribution in [0, 0.1) is 0 Å². The number of H-pyrrole nitrogens is 1. The molecule has 3 rings (SSSR count). The Bertz CT molecular complexity index is 1270. The van der Waals surface area contributed by atoms with Gasteiger partial charge in [-0.2, -0.15) is 0 Å². The number of rotatable bonds is 7. The molecule has 0 aliphatic heterocycles. The van der Waals surface area contributed by atoms with Gasteiger partial charge in [-0.05, 0) is 43.3 Å². The summed E-state index contributed by atoms with van der Waals surface area (Å²) < 4.78 is 5.04. The molecular formula is C23H22N4O6. The van der Waals surface area contributed by atoms with E-state index >= 15 is 0 Å². The fourth-order valence-electron chi connectivity index (χ4n) is 2.96. The maximum atomic E-state index is 12.5. The summed E-state index contributed by atoms with van der Waals surface area (Å²) in [5.74, 6) is -2.38. The number of benzene rings is 2. The number of hydrogen-bond acceptors (Lipinski definition) is 6. The van der Waals surface area contributed by atoms with E-state index in [1.54, 1.807) is 48.5 Å². The number of ether oxygens (including phenoxy) is 1. The Morgan fingerprint density at radius 3 is 2.27 bits per heavy atom. The first kappa shape index (κ1) is 23.2. The average molecular weight is 450 g/mol. The number of para-hydroxylation sites is 1. The van der Waals surface area contributed by atoms with Crippen molar-refractivity contribution in [2.75, 3.05) is 17.2 Å². The number of nitrogens with one attached hydrogen (secondary N) is 4. The minimum absolute atomic E-state index is 0.144. The number of carbonyl (C=O) groups is 4. The van der Waals surface area contributed by atoms with Crippen LogP contribution in [-0.2, 0) is 19.1 Å². The molecule has 3 amide bonds. The van der Waals surface area contributed by atoms with Gasteiger partial charge in [0, 0.05) is 35.4 Å². The highest BCUT2D eigenvalue weighted by atomic mass is 16.5. The van der Waals surface area contributed by atoms with E-state index in [0.717, 1.165) is 0 Å². The van der Waals surface area contributed by atoms with Crippen molar-refractivity contribution in [1.82, 2.24) is 10.3 Å². The van der Waals surface area contributed by atoms with E-state index in [9.17, 15) is 24.0 Å². The van der Waals surface area contributed by atoms with Crippen LogP contribution in [0.25, 0.3) is 10.9 Å². The lowest BCUT2D eigenvalue weighted by atomic mass is 10.1. The van der Waals surface area contributed by atoms with Gasteiger partial charge in [-0.1, -0.05) is 12.1 Å². The number of aromatic amines is 1. The maximum absolute atomic E-state index is 12.5. The zero-order valence-corrected chi connectivity index (χ0v) is 17.9. The van der Waals surface area contributed by atoms with Gasteiger partial charge in [0.2, 0.25) is 11.3 Å². The van der Waals surface area contributed by atoms with Gasteiger partial charge in [0.05, 0.1) is 0 Å². The van der Waals surface area contributed by atoms with Crippen molar-refractivity contribution in [3.63, 3.8) is 0 Å². The molecule has 4 N–H and O–H groups in total. The smallest absolute Gasteiger partial charge is 0.326 e. The molecule has 0 spiro atoms. The van der Waals surface area contributed by atoms with Crippen molar-refractivity contribution in [2.45, 2.75) is 20.0 Å². The van der Waals surface area contributed by atoms with Gasteiger partial charge in [0.15, 0.2) is 6.10 Å². The number of anilines is 2. The van der Waals surface area contributed by atoms with E-state index in [2.05, 4.69) is 20.9 Å². The average Bonchev–Trinajstić information content (AvgIpc) is 2.78. The van der Waals surface area contributed by atoms with Gasteiger partial charge >= 0.3 is 5.97 Å². The largest absolute Gasteiger partial charge is 0.451 e. The van der Waals surface area contributed by atoms with Crippen LogP contribution < -0.4 is 21.4 Å². The van der Waals surface area contributed by atoms with Gasteiger partial charge in [0.25, 0.3) is 11.8 Å². The van der Waals surface area contributed by atoms with Gasteiger partial charge < -0.3 is 25.7 Å². The predicted octanol–water partition coefficient (Wildman–Crippen LogP) is 1.79. The van der Waals surface area contributed by atoms with Gasteiger partial charge in [-0.15, -0.1) is 0 Å². The molecule has 10 heteroatoms. The van der Waals surface area contributed by atoms with E-state index in [1.807, 2.05) is 0 Å². The molecule has 0 fully saturated rings. The minimum Gasteiger partial charge on any atom is -0.451 e. The third kappa shape index (κ3) is 6.03. The van der Waals surface area contributed by atoms with Crippen LogP contribution in [0.15, 0.2) is 59.5 Å². The Morgan fingerprint density at radius 1 is 0.970 bits per heavy atom. The molecule has 1 unspecified atom stereocenters. The monoisotopic (exact) mass is 450 g/mol. The summed E-state index contributed by atoms with van der Waals surface area (Å²) in [4.78, 5) is 63.0. The predicted molar refractivity (Wildman–Crippen MR) is 122 cm³/mol. The van der Waals surface area contributed by atoms with Crippen LogP contribution >= 0.6 is 0 Å². The van der Waals surface area contributed by atoms with Gasteiger partial charge in [0.1, 0.15) is 12.1 Å². The van der Waals surface area contributed by atoms with Gasteiger partial charge in [-0.3, -0.25) is 24.0 Å². The molecule has 170 valence electrons. The highest BCUT2D eigenvalue weighted by Crippen LogP contribution is 2.14. The fourth-order valence-corrected chi connectivity index (χ4v) is 2.96. The zero-order valence-electron chi connectivity index (χ0n) is 17.9. The lowest BCUT2D eigenvalue weighted by molar-refractivity contribution is -0.152. The summed E-state index contributed by atoms with van der Waals surface area (Å²) in [5.41, 5.74) is 0.993. The molecule has 0 saturated carbocycles. The molecule has 10 nitrogen and oxygen atoms in total. The fraction of sp³-hybridized carbons (Fsp3) is 0.174. The third-order valence-electron chi connectivity index (χ3n) is 4.58. The van der Waals surface area contributed by atoms with E-state index in [-0.39, 0.29) is 11.5 Å². The summed E-state index contributed by atoms with van der Waals surface area (Å²) in [6.45, 7) is 2.25. The Balaban J connectivity index is 1.51. The normalized spacial score (nSPS) is 11.3. The third-order valence-corrected chi connectivity index (χ3v) is 4.58. The van der Waals surface area contributed by atoms with Crippen molar-refractivity contribution in [2.24, 2.45) is 0 Å². The Kier molecular flexibility index (Phi) is 7.19. The first-order chi connectivity index (χ1) is 15.7. The number of aromatic nitrogens is 1. The SMILES string of the molecule is CC(=O)Nc1ccc(NC(=O)C(C)OC(=O)CNC(=O)c2c[nH]c3ccccc3c2=O)cc1. The number of hydrogen-bond donors (Lipinski definition) is 4. The number of amides is 3. The van der Waals surface area contributed by atoms with Gasteiger partial charge in [-0.25, -0.2) is 0 Å². The Hall–Kier alpha value is -4.47. The minimum atomic E-state index is -1.13. The van der Waals surface area contributed by atoms with Crippen LogP contribution in [0.1, 0.15) is 24.2 Å². The van der Waals surface area contributed by atoms with E-state index in [4.69, 9.17) is 4.74 Å². The zero-order chi connectivity index (χ0) is 24.0. The lowest BCUT2D eigenvalue weighted by Crippen LogP contribution is -2.37. The van der Waals surface area contributed by atoms with Crippen molar-refractivity contribution < 1.29 is 23.9 Å². The summed E-state index contributed by atoms with van der Waals surface area (Å²) in [6, 6.07) is 13.1. The molecule has 0 radical (unpaired) electrons.